The van der Waals surface area contributed by atoms with Crippen LogP contribution in [0.5, 0.6) is 0 Å². The number of hydrogen-bond acceptors (Lipinski definition) is 3. The molecule has 1 atom stereocenters. The predicted octanol–water partition coefficient (Wildman–Crippen LogP) is 1.56. The molecule has 6 heteroatoms. The van der Waals surface area contributed by atoms with Gasteiger partial charge in [-0.15, -0.1) is 0 Å². The van der Waals surface area contributed by atoms with E-state index in [9.17, 15) is 13.2 Å². The van der Waals surface area contributed by atoms with Crippen molar-refractivity contribution in [1.29, 1.82) is 0 Å². The second-order valence-corrected chi connectivity index (χ2v) is 6.98. The van der Waals surface area contributed by atoms with Gasteiger partial charge in [0, 0.05) is 11.7 Å². The van der Waals surface area contributed by atoms with Crippen LogP contribution in [-0.2, 0) is 16.3 Å². The SMILES string of the molecule is CCc1cccc(NC(=O)NC2CCS(=O)(=O)C2)c1. The molecule has 104 valence electrons. The third-order valence-corrected chi connectivity index (χ3v) is 4.93. The molecule has 5 nitrogen and oxygen atoms in total. The number of aryl methyl sites for hydroxylation is 1. The van der Waals surface area contributed by atoms with Crippen LogP contribution in [0.1, 0.15) is 18.9 Å². The van der Waals surface area contributed by atoms with E-state index < -0.39 is 9.84 Å². The van der Waals surface area contributed by atoms with Gasteiger partial charge in [0.2, 0.25) is 0 Å². The van der Waals surface area contributed by atoms with Crippen LogP contribution in [0.25, 0.3) is 0 Å². The third kappa shape index (κ3) is 3.96. The molecule has 1 aromatic rings. The van der Waals surface area contributed by atoms with Crippen molar-refractivity contribution in [2.75, 3.05) is 16.8 Å². The van der Waals surface area contributed by atoms with Crippen molar-refractivity contribution in [1.82, 2.24) is 5.32 Å². The van der Waals surface area contributed by atoms with Crippen LogP contribution in [0.3, 0.4) is 0 Å². The summed E-state index contributed by atoms with van der Waals surface area (Å²) >= 11 is 0. The normalized spacial score (nSPS) is 21.0. The molecular formula is C13H18N2O3S. The molecule has 1 aliphatic rings. The van der Waals surface area contributed by atoms with Crippen LogP contribution < -0.4 is 10.6 Å². The number of nitrogens with one attached hydrogen (secondary N) is 2. The first-order valence-corrected chi connectivity index (χ1v) is 8.17. The fraction of sp³-hybridized carbons (Fsp3) is 0.462. The number of carbonyl (C=O) groups is 1. The van der Waals surface area contributed by atoms with Gasteiger partial charge in [-0.1, -0.05) is 19.1 Å². The fourth-order valence-corrected chi connectivity index (χ4v) is 3.80. The number of benzene rings is 1. The van der Waals surface area contributed by atoms with Crippen LogP contribution in [0.2, 0.25) is 0 Å². The minimum Gasteiger partial charge on any atom is -0.334 e. The predicted molar refractivity (Wildman–Crippen MR) is 75.0 cm³/mol. The van der Waals surface area contributed by atoms with Gasteiger partial charge in [-0.2, -0.15) is 0 Å². The van der Waals surface area contributed by atoms with E-state index in [0.29, 0.717) is 6.42 Å². The lowest BCUT2D eigenvalue weighted by Gasteiger charge is -2.12. The molecule has 2 N–H and O–H groups in total. The van der Waals surface area contributed by atoms with E-state index in [4.69, 9.17) is 0 Å². The van der Waals surface area contributed by atoms with Gasteiger partial charge < -0.3 is 10.6 Å². The molecule has 2 rings (SSSR count). The van der Waals surface area contributed by atoms with Crippen molar-refractivity contribution >= 4 is 21.6 Å². The molecule has 1 saturated heterocycles. The Morgan fingerprint density at radius 3 is 2.84 bits per heavy atom. The van der Waals surface area contributed by atoms with Gasteiger partial charge in [-0.25, -0.2) is 13.2 Å². The van der Waals surface area contributed by atoms with Crippen molar-refractivity contribution in [2.45, 2.75) is 25.8 Å². The van der Waals surface area contributed by atoms with Gasteiger partial charge in [-0.3, -0.25) is 0 Å². The highest BCUT2D eigenvalue weighted by molar-refractivity contribution is 7.91. The summed E-state index contributed by atoms with van der Waals surface area (Å²) in [5.74, 6) is 0.193. The van der Waals surface area contributed by atoms with Crippen molar-refractivity contribution in [3.05, 3.63) is 29.8 Å². The molecule has 0 aliphatic carbocycles. The molecule has 0 radical (unpaired) electrons. The zero-order valence-electron chi connectivity index (χ0n) is 10.8. The summed E-state index contributed by atoms with van der Waals surface area (Å²) in [7, 11) is -2.97. The number of anilines is 1. The molecule has 19 heavy (non-hydrogen) atoms. The molecule has 2 amide bonds. The van der Waals surface area contributed by atoms with Crippen LogP contribution in [0.15, 0.2) is 24.3 Å². The Balaban J connectivity index is 1.91. The molecular weight excluding hydrogens is 264 g/mol. The van der Waals surface area contributed by atoms with Crippen LogP contribution in [0, 0.1) is 0 Å². The fourth-order valence-electron chi connectivity index (χ4n) is 2.13. The van der Waals surface area contributed by atoms with E-state index in [-0.39, 0.29) is 23.6 Å². The molecule has 1 unspecified atom stereocenters. The van der Waals surface area contributed by atoms with Crippen LogP contribution in [0.4, 0.5) is 10.5 Å². The highest BCUT2D eigenvalue weighted by Crippen LogP contribution is 2.13. The Bertz CT molecular complexity index is 569. The minimum absolute atomic E-state index is 0.0371. The number of amides is 2. The lowest BCUT2D eigenvalue weighted by atomic mass is 10.1. The van der Waals surface area contributed by atoms with E-state index in [1.54, 1.807) is 0 Å². The monoisotopic (exact) mass is 282 g/mol. The Labute approximate surface area is 113 Å². The van der Waals surface area contributed by atoms with Crippen LogP contribution >= 0.6 is 0 Å². The van der Waals surface area contributed by atoms with Crippen molar-refractivity contribution in [3.63, 3.8) is 0 Å². The van der Waals surface area contributed by atoms with E-state index >= 15 is 0 Å². The summed E-state index contributed by atoms with van der Waals surface area (Å²) in [5.41, 5.74) is 1.86. The van der Waals surface area contributed by atoms with Gasteiger partial charge in [0.15, 0.2) is 9.84 Å². The summed E-state index contributed by atoms with van der Waals surface area (Å²) < 4.78 is 22.6. The molecule has 0 saturated carbocycles. The van der Waals surface area contributed by atoms with Gasteiger partial charge in [0.25, 0.3) is 0 Å². The first-order chi connectivity index (χ1) is 8.98. The maximum absolute atomic E-state index is 11.8. The zero-order valence-corrected chi connectivity index (χ0v) is 11.7. The topological polar surface area (TPSA) is 75.3 Å². The lowest BCUT2D eigenvalue weighted by molar-refractivity contribution is 0.249. The summed E-state index contributed by atoms with van der Waals surface area (Å²) in [6.07, 6.45) is 1.39. The Morgan fingerprint density at radius 2 is 2.21 bits per heavy atom. The average Bonchev–Trinajstić information content (AvgIpc) is 2.68. The van der Waals surface area contributed by atoms with Crippen molar-refractivity contribution in [3.8, 4) is 0 Å². The smallest absolute Gasteiger partial charge is 0.319 e. The van der Waals surface area contributed by atoms with Gasteiger partial charge in [0.1, 0.15) is 0 Å². The standard InChI is InChI=1S/C13H18N2O3S/c1-2-10-4-3-5-11(8-10)14-13(16)15-12-6-7-19(17,18)9-12/h3-5,8,12H,2,6-7,9H2,1H3,(H2,14,15,16). The van der Waals surface area contributed by atoms with Crippen LogP contribution in [-0.4, -0.2) is 32.0 Å². The number of hydrogen-bond donors (Lipinski definition) is 2. The maximum atomic E-state index is 11.8. The largest absolute Gasteiger partial charge is 0.334 e. The molecule has 0 aromatic heterocycles. The minimum atomic E-state index is -2.97. The number of carbonyl (C=O) groups excluding carboxylic acids is 1. The third-order valence-electron chi connectivity index (χ3n) is 3.16. The second-order valence-electron chi connectivity index (χ2n) is 4.75. The summed E-state index contributed by atoms with van der Waals surface area (Å²) in [6.45, 7) is 2.04. The highest BCUT2D eigenvalue weighted by atomic mass is 32.2. The molecule has 0 spiro atoms. The second kappa shape index (κ2) is 5.61. The van der Waals surface area contributed by atoms with Crippen molar-refractivity contribution < 1.29 is 13.2 Å². The molecule has 1 aliphatic heterocycles. The molecule has 0 bridgehead atoms. The van der Waals surface area contributed by atoms with E-state index in [1.807, 2.05) is 31.2 Å². The first kappa shape index (κ1) is 13.9. The summed E-state index contributed by atoms with van der Waals surface area (Å²) in [6, 6.07) is 6.96. The zero-order chi connectivity index (χ0) is 13.9. The number of sulfone groups is 1. The summed E-state index contributed by atoms with van der Waals surface area (Å²) in [4.78, 5) is 11.8. The van der Waals surface area contributed by atoms with E-state index in [0.717, 1.165) is 17.7 Å². The number of urea groups is 1. The van der Waals surface area contributed by atoms with Gasteiger partial charge in [-0.05, 0) is 30.5 Å². The Morgan fingerprint density at radius 1 is 1.42 bits per heavy atom. The summed E-state index contributed by atoms with van der Waals surface area (Å²) in [5, 5.41) is 5.42. The maximum Gasteiger partial charge on any atom is 0.319 e. The van der Waals surface area contributed by atoms with Gasteiger partial charge in [0.05, 0.1) is 11.5 Å². The first-order valence-electron chi connectivity index (χ1n) is 6.35. The molecule has 1 aromatic carbocycles. The average molecular weight is 282 g/mol. The lowest BCUT2D eigenvalue weighted by Crippen LogP contribution is -2.38. The van der Waals surface area contributed by atoms with E-state index in [1.165, 1.54) is 0 Å². The Hall–Kier alpha value is -1.56. The van der Waals surface area contributed by atoms with Gasteiger partial charge >= 0.3 is 6.03 Å². The van der Waals surface area contributed by atoms with E-state index in [2.05, 4.69) is 10.6 Å². The number of rotatable bonds is 3. The highest BCUT2D eigenvalue weighted by Gasteiger charge is 2.28. The molecule has 1 fully saturated rings. The quantitative estimate of drug-likeness (QED) is 0.883. The Kier molecular flexibility index (Phi) is 4.09. The molecule has 1 heterocycles. The van der Waals surface area contributed by atoms with Crippen molar-refractivity contribution in [2.24, 2.45) is 0 Å².